The van der Waals surface area contributed by atoms with Crippen LogP contribution in [0, 0.1) is 23.2 Å². The summed E-state index contributed by atoms with van der Waals surface area (Å²) in [5.41, 5.74) is 1.88. The predicted molar refractivity (Wildman–Crippen MR) is 83.2 cm³/mol. The van der Waals surface area contributed by atoms with Crippen LogP contribution < -0.4 is 5.32 Å². The average molecular weight is 320 g/mol. The Balaban J connectivity index is 1.49. The average Bonchev–Trinajstić information content (AvgIpc) is 2.36. The minimum atomic E-state index is 0.615. The Labute approximate surface area is 124 Å². The standard InChI is InChI=1S/C17H22BrN/c18-15-3-1-2-4-16(15)19-11-17-8-12-5-13(9-17)7-14(6-12)10-17/h1-4,12-14,19H,5-11H2. The van der Waals surface area contributed by atoms with Crippen molar-refractivity contribution in [2.75, 3.05) is 11.9 Å². The first-order valence-corrected chi connectivity index (χ1v) is 8.50. The molecule has 4 saturated carbocycles. The highest BCUT2D eigenvalue weighted by Gasteiger charge is 2.50. The largest absolute Gasteiger partial charge is 0.384 e. The van der Waals surface area contributed by atoms with Gasteiger partial charge in [0, 0.05) is 16.7 Å². The summed E-state index contributed by atoms with van der Waals surface area (Å²) < 4.78 is 1.19. The van der Waals surface area contributed by atoms with Crippen LogP contribution in [0.15, 0.2) is 28.7 Å². The quantitative estimate of drug-likeness (QED) is 0.819. The Morgan fingerprint density at radius 1 is 1.00 bits per heavy atom. The summed E-state index contributed by atoms with van der Waals surface area (Å²) in [4.78, 5) is 0. The van der Waals surface area contributed by atoms with E-state index in [1.54, 1.807) is 0 Å². The maximum absolute atomic E-state index is 3.72. The van der Waals surface area contributed by atoms with Crippen LogP contribution in [-0.2, 0) is 0 Å². The van der Waals surface area contributed by atoms with Crippen molar-refractivity contribution in [1.29, 1.82) is 0 Å². The molecule has 4 fully saturated rings. The summed E-state index contributed by atoms with van der Waals surface area (Å²) in [6.07, 6.45) is 9.06. The van der Waals surface area contributed by atoms with Gasteiger partial charge in [0.15, 0.2) is 0 Å². The topological polar surface area (TPSA) is 12.0 Å². The SMILES string of the molecule is Brc1ccccc1NCC12CC3CC(CC(C3)C1)C2. The molecular weight excluding hydrogens is 298 g/mol. The third kappa shape index (κ3) is 2.22. The second-order valence-electron chi connectivity index (χ2n) is 7.25. The molecule has 4 aliphatic carbocycles. The number of hydrogen-bond donors (Lipinski definition) is 1. The van der Waals surface area contributed by atoms with E-state index in [1.165, 1.54) is 55.2 Å². The maximum Gasteiger partial charge on any atom is 0.0484 e. The molecule has 2 heteroatoms. The van der Waals surface area contributed by atoms with Crippen LogP contribution in [-0.4, -0.2) is 6.54 Å². The molecule has 1 nitrogen and oxygen atoms in total. The summed E-state index contributed by atoms with van der Waals surface area (Å²) in [6.45, 7) is 1.18. The molecule has 0 amide bonds. The van der Waals surface area contributed by atoms with Gasteiger partial charge in [-0.15, -0.1) is 0 Å². The Kier molecular flexibility index (Phi) is 2.91. The highest BCUT2D eigenvalue weighted by molar-refractivity contribution is 9.10. The lowest BCUT2D eigenvalue weighted by molar-refractivity contribution is -0.0444. The fourth-order valence-electron chi connectivity index (χ4n) is 5.39. The van der Waals surface area contributed by atoms with Gasteiger partial charge < -0.3 is 5.32 Å². The Morgan fingerprint density at radius 3 is 2.16 bits per heavy atom. The molecule has 0 aliphatic heterocycles. The van der Waals surface area contributed by atoms with Gasteiger partial charge in [0.1, 0.15) is 0 Å². The summed E-state index contributed by atoms with van der Waals surface area (Å²) in [7, 11) is 0. The number of benzene rings is 1. The Hall–Kier alpha value is -0.500. The summed E-state index contributed by atoms with van der Waals surface area (Å²) in [6, 6.07) is 8.51. The first-order valence-electron chi connectivity index (χ1n) is 7.71. The number of rotatable bonds is 3. The molecule has 0 atom stereocenters. The van der Waals surface area contributed by atoms with E-state index in [-0.39, 0.29) is 0 Å². The minimum absolute atomic E-state index is 0.615. The Morgan fingerprint density at radius 2 is 1.58 bits per heavy atom. The first kappa shape index (κ1) is 12.3. The van der Waals surface area contributed by atoms with Gasteiger partial charge in [-0.25, -0.2) is 0 Å². The van der Waals surface area contributed by atoms with Crippen LogP contribution in [0.2, 0.25) is 0 Å². The van der Waals surface area contributed by atoms with Gasteiger partial charge in [-0.2, -0.15) is 0 Å². The number of hydrogen-bond acceptors (Lipinski definition) is 1. The van der Waals surface area contributed by atoms with E-state index in [9.17, 15) is 0 Å². The molecule has 0 heterocycles. The molecule has 0 unspecified atom stereocenters. The van der Waals surface area contributed by atoms with Crippen molar-refractivity contribution in [2.45, 2.75) is 38.5 Å². The number of nitrogens with one attached hydrogen (secondary N) is 1. The maximum atomic E-state index is 3.72. The molecule has 0 saturated heterocycles. The van der Waals surface area contributed by atoms with Crippen molar-refractivity contribution in [2.24, 2.45) is 23.2 Å². The van der Waals surface area contributed by atoms with Gasteiger partial charge in [0.25, 0.3) is 0 Å². The molecule has 19 heavy (non-hydrogen) atoms. The summed E-state index contributed by atoms with van der Waals surface area (Å²) in [5, 5.41) is 3.72. The van der Waals surface area contributed by atoms with Gasteiger partial charge in [0.2, 0.25) is 0 Å². The zero-order valence-electron chi connectivity index (χ0n) is 11.4. The third-order valence-electron chi connectivity index (χ3n) is 5.69. The van der Waals surface area contributed by atoms with E-state index in [0.717, 1.165) is 17.8 Å². The molecule has 4 bridgehead atoms. The zero-order chi connectivity index (χ0) is 12.9. The molecular formula is C17H22BrN. The molecule has 4 aliphatic rings. The fourth-order valence-corrected chi connectivity index (χ4v) is 5.82. The number of halogens is 1. The van der Waals surface area contributed by atoms with Gasteiger partial charge in [0.05, 0.1) is 0 Å². The predicted octanol–water partition coefficient (Wildman–Crippen LogP) is 5.08. The van der Waals surface area contributed by atoms with Crippen molar-refractivity contribution in [3.05, 3.63) is 28.7 Å². The van der Waals surface area contributed by atoms with Crippen molar-refractivity contribution in [3.8, 4) is 0 Å². The lowest BCUT2D eigenvalue weighted by atomic mass is 9.49. The van der Waals surface area contributed by atoms with E-state index in [2.05, 4.69) is 45.5 Å². The van der Waals surface area contributed by atoms with Gasteiger partial charge >= 0.3 is 0 Å². The highest BCUT2D eigenvalue weighted by atomic mass is 79.9. The molecule has 5 rings (SSSR count). The second kappa shape index (κ2) is 4.51. The van der Waals surface area contributed by atoms with E-state index in [0.29, 0.717) is 5.41 Å². The van der Waals surface area contributed by atoms with Crippen molar-refractivity contribution < 1.29 is 0 Å². The molecule has 1 aromatic carbocycles. The molecule has 1 N–H and O–H groups in total. The third-order valence-corrected chi connectivity index (χ3v) is 6.38. The van der Waals surface area contributed by atoms with Crippen LogP contribution in [0.5, 0.6) is 0 Å². The second-order valence-corrected chi connectivity index (χ2v) is 8.11. The van der Waals surface area contributed by atoms with E-state index < -0.39 is 0 Å². The Bertz CT molecular complexity index is 447. The minimum Gasteiger partial charge on any atom is -0.384 e. The van der Waals surface area contributed by atoms with Gasteiger partial charge in [-0.05, 0) is 89.8 Å². The molecule has 1 aromatic rings. The number of anilines is 1. The summed E-state index contributed by atoms with van der Waals surface area (Å²) in [5.74, 6) is 3.15. The highest BCUT2D eigenvalue weighted by Crippen LogP contribution is 2.59. The van der Waals surface area contributed by atoms with Crippen LogP contribution in [0.1, 0.15) is 38.5 Å². The smallest absolute Gasteiger partial charge is 0.0484 e. The zero-order valence-corrected chi connectivity index (χ0v) is 13.0. The van der Waals surface area contributed by atoms with E-state index >= 15 is 0 Å². The monoisotopic (exact) mass is 319 g/mol. The lowest BCUT2D eigenvalue weighted by Gasteiger charge is -2.57. The van der Waals surface area contributed by atoms with Crippen molar-refractivity contribution in [1.82, 2.24) is 0 Å². The molecule has 0 spiro atoms. The van der Waals surface area contributed by atoms with Crippen LogP contribution >= 0.6 is 15.9 Å². The lowest BCUT2D eigenvalue weighted by Crippen LogP contribution is -2.49. The van der Waals surface area contributed by atoms with Crippen LogP contribution in [0.4, 0.5) is 5.69 Å². The normalized spacial score (nSPS) is 39.5. The van der Waals surface area contributed by atoms with Crippen molar-refractivity contribution in [3.63, 3.8) is 0 Å². The molecule has 0 radical (unpaired) electrons. The molecule has 0 aromatic heterocycles. The molecule has 102 valence electrons. The fraction of sp³-hybridized carbons (Fsp3) is 0.647. The van der Waals surface area contributed by atoms with Gasteiger partial charge in [-0.1, -0.05) is 12.1 Å². The van der Waals surface area contributed by atoms with Crippen molar-refractivity contribution >= 4 is 21.6 Å². The van der Waals surface area contributed by atoms with E-state index in [1.807, 2.05) is 0 Å². The van der Waals surface area contributed by atoms with Crippen LogP contribution in [0.3, 0.4) is 0 Å². The summed E-state index contributed by atoms with van der Waals surface area (Å²) >= 11 is 3.64. The first-order chi connectivity index (χ1) is 9.22. The van der Waals surface area contributed by atoms with Crippen LogP contribution in [0.25, 0.3) is 0 Å². The van der Waals surface area contributed by atoms with Gasteiger partial charge in [-0.3, -0.25) is 0 Å². The number of para-hydroxylation sites is 1. The van der Waals surface area contributed by atoms with E-state index in [4.69, 9.17) is 0 Å².